The number of aromatic nitrogens is 2. The Morgan fingerprint density at radius 2 is 2.44 bits per heavy atom. The fraction of sp³-hybridized carbons (Fsp3) is 0.417. The lowest BCUT2D eigenvalue weighted by atomic mass is 10.1. The van der Waals surface area contributed by atoms with Crippen molar-refractivity contribution in [2.75, 3.05) is 6.54 Å². The van der Waals surface area contributed by atoms with Gasteiger partial charge in [0.1, 0.15) is 5.82 Å². The van der Waals surface area contributed by atoms with E-state index < -0.39 is 0 Å². The van der Waals surface area contributed by atoms with Crippen molar-refractivity contribution in [1.29, 1.82) is 0 Å². The maximum atomic E-state index is 5.12. The Labute approximate surface area is 95.3 Å². The molecule has 1 N–H and O–H groups in total. The molecule has 0 saturated carbocycles. The van der Waals surface area contributed by atoms with Crippen LogP contribution in [0.5, 0.6) is 0 Å². The minimum Gasteiger partial charge on any atom is -0.472 e. The van der Waals surface area contributed by atoms with Crippen molar-refractivity contribution in [2.24, 2.45) is 7.05 Å². The van der Waals surface area contributed by atoms with Gasteiger partial charge in [-0.25, -0.2) is 4.98 Å². The van der Waals surface area contributed by atoms with Crippen molar-refractivity contribution in [3.05, 3.63) is 42.4 Å². The van der Waals surface area contributed by atoms with Crippen LogP contribution < -0.4 is 5.32 Å². The third-order valence-corrected chi connectivity index (χ3v) is 2.70. The van der Waals surface area contributed by atoms with Crippen LogP contribution in [0.3, 0.4) is 0 Å². The molecule has 0 aromatic carbocycles. The van der Waals surface area contributed by atoms with E-state index in [4.69, 9.17) is 4.42 Å². The molecule has 2 heterocycles. The highest BCUT2D eigenvalue weighted by atomic mass is 16.3. The highest BCUT2D eigenvalue weighted by Crippen LogP contribution is 2.17. The summed E-state index contributed by atoms with van der Waals surface area (Å²) in [4.78, 5) is 4.34. The van der Waals surface area contributed by atoms with Crippen molar-refractivity contribution in [3.8, 4) is 0 Å². The third-order valence-electron chi connectivity index (χ3n) is 2.70. The van der Waals surface area contributed by atoms with Crippen molar-refractivity contribution in [2.45, 2.75) is 19.4 Å². The highest BCUT2D eigenvalue weighted by molar-refractivity contribution is 5.14. The van der Waals surface area contributed by atoms with Gasteiger partial charge in [-0.3, -0.25) is 0 Å². The minimum atomic E-state index is 0.268. The Bertz CT molecular complexity index is 419. The maximum absolute atomic E-state index is 5.12. The summed E-state index contributed by atoms with van der Waals surface area (Å²) in [7, 11) is 2.01. The van der Waals surface area contributed by atoms with Gasteiger partial charge in [0.2, 0.25) is 0 Å². The number of likely N-dealkylation sites (N-methyl/N-ethyl adjacent to an activating group) is 1. The van der Waals surface area contributed by atoms with Crippen molar-refractivity contribution in [1.82, 2.24) is 14.9 Å². The van der Waals surface area contributed by atoms with E-state index >= 15 is 0 Å². The second kappa shape index (κ2) is 4.99. The molecule has 4 heteroatoms. The molecule has 0 spiro atoms. The molecule has 0 fully saturated rings. The summed E-state index contributed by atoms with van der Waals surface area (Å²) in [5, 5.41) is 3.44. The van der Waals surface area contributed by atoms with Crippen molar-refractivity contribution in [3.63, 3.8) is 0 Å². The second-order valence-electron chi connectivity index (χ2n) is 3.83. The number of nitrogens with zero attached hydrogens (tertiary/aromatic N) is 2. The van der Waals surface area contributed by atoms with Crippen LogP contribution in [0, 0.1) is 0 Å². The number of rotatable bonds is 5. The minimum absolute atomic E-state index is 0.268. The number of aryl methyl sites for hydroxylation is 1. The number of imidazole rings is 1. The van der Waals surface area contributed by atoms with Crippen LogP contribution in [0.4, 0.5) is 0 Å². The number of hydrogen-bond acceptors (Lipinski definition) is 3. The number of nitrogens with one attached hydrogen (secondary N) is 1. The summed E-state index contributed by atoms with van der Waals surface area (Å²) in [5.74, 6) is 1.08. The molecule has 1 unspecified atom stereocenters. The molecule has 2 aromatic rings. The molecule has 4 nitrogen and oxygen atoms in total. The Kier molecular flexibility index (Phi) is 3.41. The van der Waals surface area contributed by atoms with E-state index in [1.807, 2.05) is 30.1 Å². The van der Waals surface area contributed by atoms with Gasteiger partial charge in [-0.2, -0.15) is 0 Å². The average molecular weight is 219 g/mol. The topological polar surface area (TPSA) is 43.0 Å². The van der Waals surface area contributed by atoms with Gasteiger partial charge in [0.05, 0.1) is 12.5 Å². The van der Waals surface area contributed by atoms with Crippen LogP contribution in [0.1, 0.15) is 24.4 Å². The van der Waals surface area contributed by atoms with Crippen LogP contribution in [0.15, 0.2) is 35.4 Å². The van der Waals surface area contributed by atoms with Crippen LogP contribution in [-0.4, -0.2) is 16.1 Å². The summed E-state index contributed by atoms with van der Waals surface area (Å²) < 4.78 is 7.17. The summed E-state index contributed by atoms with van der Waals surface area (Å²) in [5.41, 5.74) is 1.17. The van der Waals surface area contributed by atoms with E-state index in [-0.39, 0.29) is 6.04 Å². The van der Waals surface area contributed by atoms with Crippen LogP contribution >= 0.6 is 0 Å². The summed E-state index contributed by atoms with van der Waals surface area (Å²) in [6, 6.07) is 2.26. The predicted octanol–water partition coefficient (Wildman–Crippen LogP) is 1.91. The van der Waals surface area contributed by atoms with Gasteiger partial charge in [0.15, 0.2) is 0 Å². The molecule has 0 aliphatic carbocycles. The Morgan fingerprint density at radius 3 is 3.00 bits per heavy atom. The zero-order valence-electron chi connectivity index (χ0n) is 9.68. The van der Waals surface area contributed by atoms with Gasteiger partial charge in [0, 0.05) is 37.5 Å². The molecule has 0 aliphatic heterocycles. The molecule has 2 aromatic heterocycles. The second-order valence-corrected chi connectivity index (χ2v) is 3.83. The van der Waals surface area contributed by atoms with Gasteiger partial charge in [-0.05, 0) is 12.6 Å². The Morgan fingerprint density at radius 1 is 1.56 bits per heavy atom. The van der Waals surface area contributed by atoms with E-state index in [0.29, 0.717) is 0 Å². The van der Waals surface area contributed by atoms with Crippen LogP contribution in [0.25, 0.3) is 0 Å². The first kappa shape index (κ1) is 11.0. The zero-order chi connectivity index (χ0) is 11.4. The van der Waals surface area contributed by atoms with E-state index in [9.17, 15) is 0 Å². The van der Waals surface area contributed by atoms with Crippen LogP contribution in [-0.2, 0) is 13.5 Å². The molecule has 16 heavy (non-hydrogen) atoms. The molecule has 0 saturated heterocycles. The van der Waals surface area contributed by atoms with Crippen LogP contribution in [0.2, 0.25) is 0 Å². The molecule has 0 amide bonds. The first-order valence-corrected chi connectivity index (χ1v) is 5.53. The average Bonchev–Trinajstić information content (AvgIpc) is 2.90. The quantitative estimate of drug-likeness (QED) is 0.835. The fourth-order valence-electron chi connectivity index (χ4n) is 1.80. The number of furan rings is 1. The van der Waals surface area contributed by atoms with Gasteiger partial charge in [-0.15, -0.1) is 0 Å². The first-order valence-electron chi connectivity index (χ1n) is 5.53. The smallest absolute Gasteiger partial charge is 0.110 e. The van der Waals surface area contributed by atoms with Crippen molar-refractivity contribution < 1.29 is 4.42 Å². The molecule has 0 radical (unpaired) electrons. The van der Waals surface area contributed by atoms with Gasteiger partial charge in [-0.1, -0.05) is 6.92 Å². The van der Waals surface area contributed by atoms with Crippen molar-refractivity contribution >= 4 is 0 Å². The molecule has 0 aliphatic rings. The molecule has 86 valence electrons. The predicted molar refractivity (Wildman–Crippen MR) is 62.0 cm³/mol. The molecular weight excluding hydrogens is 202 g/mol. The molecule has 0 bridgehead atoms. The van der Waals surface area contributed by atoms with E-state index in [1.165, 1.54) is 5.56 Å². The monoisotopic (exact) mass is 219 g/mol. The standard InChI is InChI=1S/C12H17N3O/c1-3-13-11(10-4-7-16-9-10)8-12-14-5-6-15(12)2/h4-7,9,11,13H,3,8H2,1-2H3. The Hall–Kier alpha value is -1.55. The third kappa shape index (κ3) is 2.33. The van der Waals surface area contributed by atoms with E-state index in [0.717, 1.165) is 18.8 Å². The lowest BCUT2D eigenvalue weighted by Gasteiger charge is -2.15. The van der Waals surface area contributed by atoms with E-state index in [2.05, 4.69) is 17.2 Å². The van der Waals surface area contributed by atoms with Gasteiger partial charge < -0.3 is 14.3 Å². The lowest BCUT2D eigenvalue weighted by Crippen LogP contribution is -2.23. The van der Waals surface area contributed by atoms with E-state index in [1.54, 1.807) is 12.5 Å². The first-order chi connectivity index (χ1) is 7.81. The van der Waals surface area contributed by atoms with Gasteiger partial charge >= 0.3 is 0 Å². The lowest BCUT2D eigenvalue weighted by molar-refractivity contribution is 0.512. The Balaban J connectivity index is 2.12. The summed E-state index contributed by atoms with van der Waals surface area (Å²) in [6.07, 6.45) is 8.16. The maximum Gasteiger partial charge on any atom is 0.110 e. The summed E-state index contributed by atoms with van der Waals surface area (Å²) >= 11 is 0. The molecule has 2 rings (SSSR count). The van der Waals surface area contributed by atoms with Gasteiger partial charge in [0.25, 0.3) is 0 Å². The fourth-order valence-corrected chi connectivity index (χ4v) is 1.80. The largest absolute Gasteiger partial charge is 0.472 e. The highest BCUT2D eigenvalue weighted by Gasteiger charge is 2.14. The summed E-state index contributed by atoms with van der Waals surface area (Å²) in [6.45, 7) is 3.03. The number of hydrogen-bond donors (Lipinski definition) is 1. The molecule has 1 atom stereocenters. The normalized spacial score (nSPS) is 12.9. The zero-order valence-corrected chi connectivity index (χ0v) is 9.68. The SMILES string of the molecule is CCNC(Cc1nccn1C)c1ccoc1. The molecular formula is C12H17N3O.